The SMILES string of the molecule is C=CC(=O)Nc1cccc(NC(=O)CNc2nc(N3CCOCC3)nc3c2ncn3-c2cnn(C)c2)c1. The first-order chi connectivity index (χ1) is 18.0. The molecule has 13 nitrogen and oxygen atoms in total. The second kappa shape index (κ2) is 10.5. The molecule has 5 rings (SSSR count). The fourth-order valence-corrected chi connectivity index (χ4v) is 3.88. The maximum atomic E-state index is 12.7. The number of anilines is 4. The Labute approximate surface area is 212 Å². The molecular formula is C24H26N10O3. The highest BCUT2D eigenvalue weighted by atomic mass is 16.5. The van der Waals surface area contributed by atoms with E-state index in [1.165, 1.54) is 6.08 Å². The van der Waals surface area contributed by atoms with E-state index in [4.69, 9.17) is 9.72 Å². The van der Waals surface area contributed by atoms with Gasteiger partial charge in [-0.15, -0.1) is 0 Å². The number of imidazole rings is 1. The van der Waals surface area contributed by atoms with Crippen LogP contribution in [-0.4, -0.2) is 74.0 Å². The van der Waals surface area contributed by atoms with Crippen LogP contribution in [0.25, 0.3) is 16.9 Å². The van der Waals surface area contributed by atoms with Crippen LogP contribution in [0.5, 0.6) is 0 Å². The van der Waals surface area contributed by atoms with Gasteiger partial charge in [-0.3, -0.25) is 18.8 Å². The van der Waals surface area contributed by atoms with E-state index < -0.39 is 0 Å². The van der Waals surface area contributed by atoms with E-state index >= 15 is 0 Å². The van der Waals surface area contributed by atoms with E-state index in [1.54, 1.807) is 41.5 Å². The predicted molar refractivity (Wildman–Crippen MR) is 139 cm³/mol. The summed E-state index contributed by atoms with van der Waals surface area (Å²) in [6.07, 6.45) is 6.43. The van der Waals surface area contributed by atoms with Gasteiger partial charge in [0.25, 0.3) is 0 Å². The molecule has 4 aromatic rings. The zero-order valence-electron chi connectivity index (χ0n) is 20.2. The van der Waals surface area contributed by atoms with E-state index in [1.807, 2.05) is 22.7 Å². The second-order valence-corrected chi connectivity index (χ2v) is 8.31. The first-order valence-electron chi connectivity index (χ1n) is 11.6. The number of ether oxygens (including phenoxy) is 1. The maximum Gasteiger partial charge on any atom is 0.247 e. The van der Waals surface area contributed by atoms with Gasteiger partial charge in [0.2, 0.25) is 17.8 Å². The predicted octanol–water partition coefficient (Wildman–Crippen LogP) is 1.56. The van der Waals surface area contributed by atoms with Gasteiger partial charge < -0.3 is 25.6 Å². The van der Waals surface area contributed by atoms with Gasteiger partial charge in [0.15, 0.2) is 17.0 Å². The van der Waals surface area contributed by atoms with Gasteiger partial charge in [0.1, 0.15) is 6.33 Å². The van der Waals surface area contributed by atoms with E-state index in [2.05, 4.69) is 37.6 Å². The Morgan fingerprint density at radius 3 is 2.68 bits per heavy atom. The van der Waals surface area contributed by atoms with Crippen molar-refractivity contribution in [3.05, 3.63) is 55.6 Å². The number of aromatic nitrogens is 6. The van der Waals surface area contributed by atoms with Crippen LogP contribution in [0.3, 0.4) is 0 Å². The summed E-state index contributed by atoms with van der Waals surface area (Å²) >= 11 is 0. The van der Waals surface area contributed by atoms with Gasteiger partial charge in [0.05, 0.1) is 31.6 Å². The van der Waals surface area contributed by atoms with Gasteiger partial charge in [-0.05, 0) is 24.3 Å². The molecule has 0 radical (unpaired) electrons. The van der Waals surface area contributed by atoms with Crippen LogP contribution < -0.4 is 20.9 Å². The number of hydrogen-bond donors (Lipinski definition) is 3. The highest BCUT2D eigenvalue weighted by molar-refractivity contribution is 6.00. The van der Waals surface area contributed by atoms with E-state index in [0.29, 0.717) is 60.6 Å². The molecule has 2 amide bonds. The molecule has 1 aliphatic rings. The number of fused-ring (bicyclic) bond motifs is 1. The summed E-state index contributed by atoms with van der Waals surface area (Å²) in [5.74, 6) is 0.338. The number of hydrogen-bond acceptors (Lipinski definition) is 9. The van der Waals surface area contributed by atoms with Gasteiger partial charge in [-0.25, -0.2) is 4.98 Å². The van der Waals surface area contributed by atoms with Crippen LogP contribution in [0, 0.1) is 0 Å². The third-order valence-electron chi connectivity index (χ3n) is 5.66. The second-order valence-electron chi connectivity index (χ2n) is 8.31. The quantitative estimate of drug-likeness (QED) is 0.306. The van der Waals surface area contributed by atoms with Gasteiger partial charge in [-0.1, -0.05) is 12.6 Å². The summed E-state index contributed by atoms with van der Waals surface area (Å²) < 4.78 is 9.01. The number of amides is 2. The van der Waals surface area contributed by atoms with Crippen molar-refractivity contribution in [2.75, 3.05) is 53.7 Å². The van der Waals surface area contributed by atoms with Crippen molar-refractivity contribution < 1.29 is 14.3 Å². The Hall–Kier alpha value is -4.78. The fraction of sp³-hybridized carbons (Fsp3) is 0.250. The first kappa shape index (κ1) is 23.9. The summed E-state index contributed by atoms with van der Waals surface area (Å²) in [5, 5.41) is 12.8. The zero-order chi connectivity index (χ0) is 25.8. The molecule has 0 saturated carbocycles. The molecule has 0 spiro atoms. The van der Waals surface area contributed by atoms with Crippen LogP contribution in [0.1, 0.15) is 0 Å². The lowest BCUT2D eigenvalue weighted by molar-refractivity contribution is -0.114. The average Bonchev–Trinajstić information content (AvgIpc) is 3.53. The Bertz CT molecular complexity index is 1450. The fourth-order valence-electron chi connectivity index (χ4n) is 3.88. The standard InChI is InChI=1S/C24H26N10O3/c1-3-19(35)28-16-5-4-6-17(11-16)29-20(36)13-25-22-21-23(31-24(30-22)33-7-9-37-10-8-33)34(15-26-21)18-12-27-32(2)14-18/h3-6,11-12,14-15H,1,7-10,13H2,2H3,(H,28,35)(H,29,36)(H,25,30,31). The van der Waals surface area contributed by atoms with Crippen LogP contribution in [0.2, 0.25) is 0 Å². The van der Waals surface area contributed by atoms with Crippen molar-refractivity contribution >= 4 is 46.1 Å². The monoisotopic (exact) mass is 502 g/mol. The van der Waals surface area contributed by atoms with Crippen LogP contribution in [0.15, 0.2) is 55.6 Å². The molecule has 1 aliphatic heterocycles. The maximum absolute atomic E-state index is 12.7. The average molecular weight is 503 g/mol. The summed E-state index contributed by atoms with van der Waals surface area (Å²) in [4.78, 5) is 40.3. The Balaban J connectivity index is 1.38. The number of carbonyl (C=O) groups is 2. The minimum atomic E-state index is -0.334. The van der Waals surface area contributed by atoms with E-state index in [-0.39, 0.29) is 18.4 Å². The normalized spacial score (nSPS) is 13.4. The molecular weight excluding hydrogens is 476 g/mol. The van der Waals surface area contributed by atoms with Crippen molar-refractivity contribution in [2.45, 2.75) is 0 Å². The zero-order valence-corrected chi connectivity index (χ0v) is 20.2. The molecule has 0 aliphatic carbocycles. The first-order valence-corrected chi connectivity index (χ1v) is 11.6. The Morgan fingerprint density at radius 1 is 1.16 bits per heavy atom. The molecule has 37 heavy (non-hydrogen) atoms. The highest BCUT2D eigenvalue weighted by Gasteiger charge is 2.20. The molecule has 0 atom stereocenters. The summed E-state index contributed by atoms with van der Waals surface area (Å²) in [6.45, 7) is 5.86. The molecule has 0 unspecified atom stereocenters. The molecule has 13 heteroatoms. The smallest absolute Gasteiger partial charge is 0.247 e. The summed E-state index contributed by atoms with van der Waals surface area (Å²) in [5.41, 5.74) is 3.02. The Morgan fingerprint density at radius 2 is 1.95 bits per heavy atom. The topological polar surface area (TPSA) is 144 Å². The van der Waals surface area contributed by atoms with Crippen molar-refractivity contribution in [2.24, 2.45) is 7.05 Å². The third kappa shape index (κ3) is 5.41. The molecule has 1 fully saturated rings. The van der Waals surface area contributed by atoms with E-state index in [9.17, 15) is 9.59 Å². The van der Waals surface area contributed by atoms with Crippen molar-refractivity contribution in [1.82, 2.24) is 29.3 Å². The molecule has 1 aromatic carbocycles. The van der Waals surface area contributed by atoms with Crippen molar-refractivity contribution in [3.63, 3.8) is 0 Å². The lowest BCUT2D eigenvalue weighted by Crippen LogP contribution is -2.37. The Kier molecular flexibility index (Phi) is 6.76. The summed E-state index contributed by atoms with van der Waals surface area (Å²) in [7, 11) is 1.84. The molecule has 3 N–H and O–H groups in total. The van der Waals surface area contributed by atoms with Gasteiger partial charge >= 0.3 is 0 Å². The number of carbonyl (C=O) groups excluding carboxylic acids is 2. The van der Waals surface area contributed by atoms with Crippen molar-refractivity contribution in [1.29, 1.82) is 0 Å². The number of nitrogens with one attached hydrogen (secondary N) is 3. The number of morpholine rings is 1. The molecule has 1 saturated heterocycles. The van der Waals surface area contributed by atoms with Crippen LogP contribution in [0.4, 0.5) is 23.1 Å². The van der Waals surface area contributed by atoms with Gasteiger partial charge in [-0.2, -0.15) is 15.1 Å². The minimum absolute atomic E-state index is 0.0579. The molecule has 0 bridgehead atoms. The lowest BCUT2D eigenvalue weighted by atomic mass is 10.2. The summed E-state index contributed by atoms with van der Waals surface area (Å²) in [6, 6.07) is 6.85. The molecule has 190 valence electrons. The highest BCUT2D eigenvalue weighted by Crippen LogP contribution is 2.25. The molecule has 3 aromatic heterocycles. The largest absolute Gasteiger partial charge is 0.378 e. The minimum Gasteiger partial charge on any atom is -0.378 e. The van der Waals surface area contributed by atoms with Gasteiger partial charge in [0, 0.05) is 37.7 Å². The van der Waals surface area contributed by atoms with Crippen LogP contribution >= 0.6 is 0 Å². The van der Waals surface area contributed by atoms with E-state index in [0.717, 1.165) is 5.69 Å². The molecule has 4 heterocycles. The number of nitrogens with zero attached hydrogens (tertiary/aromatic N) is 7. The number of rotatable bonds is 8. The number of aryl methyl sites for hydroxylation is 1. The third-order valence-corrected chi connectivity index (χ3v) is 5.66. The number of benzene rings is 1. The van der Waals surface area contributed by atoms with Crippen LogP contribution in [-0.2, 0) is 21.4 Å². The lowest BCUT2D eigenvalue weighted by Gasteiger charge is -2.27. The van der Waals surface area contributed by atoms with Crippen molar-refractivity contribution in [3.8, 4) is 5.69 Å².